The van der Waals surface area contributed by atoms with Crippen LogP contribution in [-0.2, 0) is 4.79 Å². The first kappa shape index (κ1) is 21.7. The number of hydrogen-bond acceptors (Lipinski definition) is 3. The molecule has 1 fully saturated rings. The second-order valence-corrected chi connectivity index (χ2v) is 7.57. The molecule has 0 aromatic heterocycles. The molecule has 0 radical (unpaired) electrons. The van der Waals surface area contributed by atoms with Crippen LogP contribution in [0.2, 0.25) is 0 Å². The number of aliphatic imine (C=N–C) groups is 1. The zero-order chi connectivity index (χ0) is 20.7. The molecular weight excluding hydrogens is 359 g/mol. The fourth-order valence-corrected chi connectivity index (χ4v) is 2.36. The molecule has 1 saturated carbocycles. The summed E-state index contributed by atoms with van der Waals surface area (Å²) >= 11 is 0. The molecule has 154 valence electrons. The number of benzene rings is 1. The molecule has 6 nitrogen and oxygen atoms in total. The van der Waals surface area contributed by atoms with Crippen LogP contribution in [0.3, 0.4) is 0 Å². The van der Waals surface area contributed by atoms with Gasteiger partial charge >= 0.3 is 0 Å². The van der Waals surface area contributed by atoms with Gasteiger partial charge in [-0.2, -0.15) is 0 Å². The van der Waals surface area contributed by atoms with Gasteiger partial charge in [0.2, 0.25) is 5.91 Å². The molecule has 1 aromatic carbocycles. The van der Waals surface area contributed by atoms with E-state index in [2.05, 4.69) is 22.2 Å². The maximum absolute atomic E-state index is 14.4. The van der Waals surface area contributed by atoms with Gasteiger partial charge in [0.1, 0.15) is 6.54 Å². The van der Waals surface area contributed by atoms with Crippen molar-refractivity contribution in [2.45, 2.75) is 32.7 Å². The van der Waals surface area contributed by atoms with Crippen molar-refractivity contribution in [3.05, 3.63) is 41.7 Å². The first-order chi connectivity index (χ1) is 13.3. The van der Waals surface area contributed by atoms with Gasteiger partial charge in [0.15, 0.2) is 17.5 Å². The minimum atomic E-state index is -0.372. The minimum absolute atomic E-state index is 0.0214. The first-order valence-electron chi connectivity index (χ1n) is 9.58. The number of halogens is 1. The summed E-state index contributed by atoms with van der Waals surface area (Å²) in [6.45, 7) is 8.79. The van der Waals surface area contributed by atoms with Gasteiger partial charge < -0.3 is 20.3 Å². The molecule has 1 aliphatic carbocycles. The van der Waals surface area contributed by atoms with E-state index >= 15 is 0 Å². The Morgan fingerprint density at radius 3 is 2.71 bits per heavy atom. The molecule has 2 rings (SSSR count). The van der Waals surface area contributed by atoms with Crippen LogP contribution in [0.5, 0.6) is 5.75 Å². The van der Waals surface area contributed by atoms with E-state index in [-0.39, 0.29) is 30.1 Å². The van der Waals surface area contributed by atoms with E-state index < -0.39 is 0 Å². The van der Waals surface area contributed by atoms with Gasteiger partial charge in [-0.05, 0) is 50.3 Å². The second kappa shape index (κ2) is 10.1. The molecule has 1 aliphatic rings. The quantitative estimate of drug-likeness (QED) is 0.387. The molecule has 0 saturated heterocycles. The smallest absolute Gasteiger partial charge is 0.243 e. The number of carbonyl (C=O) groups is 1. The number of ether oxygens (including phenoxy) is 1. The highest BCUT2D eigenvalue weighted by Crippen LogP contribution is 2.30. The molecule has 0 spiro atoms. The van der Waals surface area contributed by atoms with Crippen LogP contribution in [-0.4, -0.2) is 50.6 Å². The highest BCUT2D eigenvalue weighted by atomic mass is 19.1. The van der Waals surface area contributed by atoms with Crippen LogP contribution in [0.25, 0.3) is 0 Å². The van der Waals surface area contributed by atoms with Crippen molar-refractivity contribution >= 4 is 11.9 Å². The van der Waals surface area contributed by atoms with E-state index in [0.29, 0.717) is 25.0 Å². The highest BCUT2D eigenvalue weighted by molar-refractivity contribution is 5.85. The third-order valence-electron chi connectivity index (χ3n) is 4.41. The van der Waals surface area contributed by atoms with Crippen LogP contribution in [0, 0.1) is 11.7 Å². The highest BCUT2D eigenvalue weighted by Gasteiger charge is 2.22. The van der Waals surface area contributed by atoms with Gasteiger partial charge in [-0.15, -0.1) is 0 Å². The molecule has 7 heteroatoms. The Morgan fingerprint density at radius 1 is 1.43 bits per heavy atom. The Kier molecular flexibility index (Phi) is 7.84. The average Bonchev–Trinajstić information content (AvgIpc) is 3.46. The number of hydrogen-bond donors (Lipinski definition) is 2. The molecular formula is C21H31FN4O2. The van der Waals surface area contributed by atoms with Crippen molar-refractivity contribution < 1.29 is 13.9 Å². The lowest BCUT2D eigenvalue weighted by Crippen LogP contribution is -2.40. The Balaban J connectivity index is 2.02. The first-order valence-corrected chi connectivity index (χ1v) is 9.58. The summed E-state index contributed by atoms with van der Waals surface area (Å²) in [7, 11) is 3.37. The predicted molar refractivity (Wildman–Crippen MR) is 110 cm³/mol. The molecule has 1 amide bonds. The van der Waals surface area contributed by atoms with Gasteiger partial charge in [0, 0.05) is 20.6 Å². The number of guanidine groups is 1. The molecule has 28 heavy (non-hydrogen) atoms. The maximum Gasteiger partial charge on any atom is 0.243 e. The lowest BCUT2D eigenvalue weighted by atomic mass is 10.1. The molecule has 1 aromatic rings. The van der Waals surface area contributed by atoms with E-state index in [1.54, 1.807) is 20.2 Å². The summed E-state index contributed by atoms with van der Waals surface area (Å²) in [5.41, 5.74) is 1.70. The van der Waals surface area contributed by atoms with Crippen LogP contribution in [0.4, 0.5) is 4.39 Å². The van der Waals surface area contributed by atoms with Crippen LogP contribution in [0.15, 0.2) is 35.3 Å². The number of nitrogens with one attached hydrogen (secondary N) is 2. The summed E-state index contributed by atoms with van der Waals surface area (Å²) in [5, 5.41) is 6.34. The summed E-state index contributed by atoms with van der Waals surface area (Å²) in [5.74, 6) is 0.854. The summed E-state index contributed by atoms with van der Waals surface area (Å²) in [6, 6.07) is 4.77. The zero-order valence-corrected chi connectivity index (χ0v) is 17.2. The Morgan fingerprint density at radius 2 is 2.14 bits per heavy atom. The standard InChI is InChI=1S/C21H31FN4O2/c1-14(2)11-23-21(24-12-20(27)26(4)5)25-15(3)17-8-9-19(18(22)10-17)28-13-16-6-7-16/h8-10,15-16H,1,6-7,11-13H2,2-5H3,(H2,23,24,25). The molecule has 1 atom stereocenters. The normalized spacial score (nSPS) is 15.0. The minimum Gasteiger partial charge on any atom is -0.490 e. The molecule has 0 aliphatic heterocycles. The van der Waals surface area contributed by atoms with Crippen LogP contribution >= 0.6 is 0 Å². The van der Waals surface area contributed by atoms with Gasteiger partial charge in [0.25, 0.3) is 0 Å². The van der Waals surface area contributed by atoms with Crippen LogP contribution < -0.4 is 15.4 Å². The van der Waals surface area contributed by atoms with E-state index in [0.717, 1.165) is 24.0 Å². The van der Waals surface area contributed by atoms with Gasteiger partial charge in [-0.1, -0.05) is 18.2 Å². The number of amides is 1. The third-order valence-corrected chi connectivity index (χ3v) is 4.41. The molecule has 2 N–H and O–H groups in total. The molecule has 0 bridgehead atoms. The third kappa shape index (κ3) is 7.21. The van der Waals surface area contributed by atoms with Crippen LogP contribution in [0.1, 0.15) is 38.3 Å². The predicted octanol–water partition coefficient (Wildman–Crippen LogP) is 2.88. The van der Waals surface area contributed by atoms with E-state index in [1.807, 2.05) is 19.9 Å². The Hall–Kier alpha value is -2.57. The van der Waals surface area contributed by atoms with Crippen molar-refractivity contribution in [3.63, 3.8) is 0 Å². The molecule has 1 unspecified atom stereocenters. The van der Waals surface area contributed by atoms with Gasteiger partial charge in [-0.3, -0.25) is 4.79 Å². The number of rotatable bonds is 9. The summed E-state index contributed by atoms with van der Waals surface area (Å²) in [6.07, 6.45) is 2.33. The SMILES string of the molecule is C=C(C)CNC(=NCC(=O)N(C)C)NC(C)c1ccc(OCC2CC2)c(F)c1. The van der Waals surface area contributed by atoms with Crippen molar-refractivity contribution in [1.29, 1.82) is 0 Å². The van der Waals surface area contributed by atoms with Crippen molar-refractivity contribution in [1.82, 2.24) is 15.5 Å². The zero-order valence-electron chi connectivity index (χ0n) is 17.2. The molecule has 0 heterocycles. The topological polar surface area (TPSA) is 66.0 Å². The van der Waals surface area contributed by atoms with Gasteiger partial charge in [-0.25, -0.2) is 9.38 Å². The Bertz CT molecular complexity index is 729. The number of carbonyl (C=O) groups excluding carboxylic acids is 1. The van der Waals surface area contributed by atoms with E-state index in [1.165, 1.54) is 11.0 Å². The van der Waals surface area contributed by atoms with Crippen molar-refractivity contribution in [3.8, 4) is 5.75 Å². The largest absolute Gasteiger partial charge is 0.490 e. The lowest BCUT2D eigenvalue weighted by molar-refractivity contribution is -0.127. The van der Waals surface area contributed by atoms with Crippen molar-refractivity contribution in [2.24, 2.45) is 10.9 Å². The summed E-state index contributed by atoms with van der Waals surface area (Å²) in [4.78, 5) is 17.6. The second-order valence-electron chi connectivity index (χ2n) is 7.57. The van der Waals surface area contributed by atoms with E-state index in [4.69, 9.17) is 4.74 Å². The monoisotopic (exact) mass is 390 g/mol. The number of likely N-dealkylation sites (N-methyl/N-ethyl adjacent to an activating group) is 1. The van der Waals surface area contributed by atoms with E-state index in [9.17, 15) is 9.18 Å². The number of nitrogens with zero attached hydrogens (tertiary/aromatic N) is 2. The van der Waals surface area contributed by atoms with Crippen molar-refractivity contribution in [2.75, 3.05) is 33.8 Å². The fourth-order valence-electron chi connectivity index (χ4n) is 2.36. The van der Waals surface area contributed by atoms with Gasteiger partial charge in [0.05, 0.1) is 12.6 Å². The summed E-state index contributed by atoms with van der Waals surface area (Å²) < 4.78 is 19.9. The maximum atomic E-state index is 14.4. The Labute approximate surface area is 166 Å². The lowest BCUT2D eigenvalue weighted by Gasteiger charge is -2.20. The average molecular weight is 391 g/mol. The fraction of sp³-hybridized carbons (Fsp3) is 0.524.